The molecule has 0 amide bonds. The first-order valence-corrected chi connectivity index (χ1v) is 11.7. The van der Waals surface area contributed by atoms with Gasteiger partial charge in [0.2, 0.25) is 0 Å². The number of aliphatic hydroxyl groups excluding tert-OH is 1. The summed E-state index contributed by atoms with van der Waals surface area (Å²) >= 11 is 6.89. The van der Waals surface area contributed by atoms with Gasteiger partial charge in [-0.25, -0.2) is 14.6 Å². The van der Waals surface area contributed by atoms with Gasteiger partial charge < -0.3 is 25.1 Å². The first-order valence-electron chi connectivity index (χ1n) is 10.1. The molecule has 2 aliphatic heterocycles. The van der Waals surface area contributed by atoms with Gasteiger partial charge in [-0.15, -0.1) is 0 Å². The molecule has 0 radical (unpaired) electrons. The number of halogens is 2. The van der Waals surface area contributed by atoms with E-state index in [-0.39, 0.29) is 6.61 Å². The van der Waals surface area contributed by atoms with Crippen LogP contribution in [0, 0.1) is 6.92 Å². The Balaban J connectivity index is 1.44. The molecule has 0 aliphatic carbocycles. The van der Waals surface area contributed by atoms with Crippen LogP contribution in [0.2, 0.25) is 0 Å². The molecule has 2 aromatic heterocycles. The number of rotatable bonds is 3. The topological polar surface area (TPSA) is 118 Å². The van der Waals surface area contributed by atoms with E-state index in [4.69, 9.17) is 19.9 Å². The van der Waals surface area contributed by atoms with Gasteiger partial charge in [0, 0.05) is 16.2 Å². The Morgan fingerprint density at radius 3 is 2.75 bits per heavy atom. The summed E-state index contributed by atoms with van der Waals surface area (Å²) in [4.78, 5) is 8.83. The van der Waals surface area contributed by atoms with Crippen LogP contribution in [0.15, 0.2) is 51.7 Å². The van der Waals surface area contributed by atoms with Crippen molar-refractivity contribution in [2.75, 3.05) is 6.61 Å². The van der Waals surface area contributed by atoms with Gasteiger partial charge in [-0.05, 0) is 44.8 Å². The van der Waals surface area contributed by atoms with Crippen molar-refractivity contribution in [3.63, 3.8) is 0 Å². The predicted molar refractivity (Wildman–Crippen MR) is 121 cm³/mol. The lowest BCUT2D eigenvalue weighted by atomic mass is 9.92. The highest BCUT2D eigenvalue weighted by atomic mass is 79.9. The van der Waals surface area contributed by atoms with Crippen molar-refractivity contribution in [2.24, 2.45) is 5.73 Å². The Morgan fingerprint density at radius 2 is 1.97 bits per heavy atom. The van der Waals surface area contributed by atoms with Gasteiger partial charge in [0.25, 0.3) is 0 Å². The Bertz CT molecular complexity index is 1110. The lowest BCUT2D eigenvalue weighted by Gasteiger charge is -2.46. The molecule has 3 aromatic rings. The fourth-order valence-electron chi connectivity index (χ4n) is 4.02. The number of aromatic nitrogens is 4. The zero-order valence-corrected chi connectivity index (χ0v) is 20.2. The fourth-order valence-corrected chi connectivity index (χ4v) is 4.72. The van der Waals surface area contributed by atoms with Crippen LogP contribution in [-0.4, -0.2) is 55.8 Å². The number of aliphatic hydroxyl groups is 1. The molecule has 2 saturated heterocycles. The number of pyridine rings is 1. The first-order chi connectivity index (χ1) is 15.4. The molecular formula is C21H21Br2N5O4. The third-order valence-electron chi connectivity index (χ3n) is 5.54. The van der Waals surface area contributed by atoms with Crippen molar-refractivity contribution in [3.8, 4) is 5.69 Å². The summed E-state index contributed by atoms with van der Waals surface area (Å²) in [6.07, 6.45) is -1.77. The standard InChI is InChI=1S/C21H21Br2N5O4/c1-10-26-20(28(27-10)13-7-12(22)8-25-19(13)23)18-16(29)15(24)17-14(31-18)9-30-21(32-17)11-5-3-2-4-6-11/h2-8,14-18,21,29H,9,24H2,1H3. The Kier molecular flexibility index (Phi) is 6.14. The minimum atomic E-state index is -1.06. The van der Waals surface area contributed by atoms with E-state index >= 15 is 0 Å². The molecule has 11 heteroatoms. The van der Waals surface area contributed by atoms with Crippen molar-refractivity contribution in [2.45, 2.75) is 43.7 Å². The van der Waals surface area contributed by atoms with Crippen LogP contribution < -0.4 is 5.73 Å². The van der Waals surface area contributed by atoms with Crippen LogP contribution in [0.1, 0.15) is 29.6 Å². The van der Waals surface area contributed by atoms with E-state index in [0.29, 0.717) is 21.9 Å². The number of hydrogen-bond acceptors (Lipinski definition) is 8. The highest BCUT2D eigenvalue weighted by Crippen LogP contribution is 2.38. The quantitative estimate of drug-likeness (QED) is 0.465. The van der Waals surface area contributed by atoms with Crippen LogP contribution >= 0.6 is 31.9 Å². The second-order valence-electron chi connectivity index (χ2n) is 7.73. The van der Waals surface area contributed by atoms with E-state index in [1.807, 2.05) is 36.4 Å². The molecular weight excluding hydrogens is 546 g/mol. The highest BCUT2D eigenvalue weighted by molar-refractivity contribution is 9.11. The van der Waals surface area contributed by atoms with Gasteiger partial charge in [-0.2, -0.15) is 5.10 Å². The van der Waals surface area contributed by atoms with Crippen LogP contribution in [0.5, 0.6) is 0 Å². The van der Waals surface area contributed by atoms with Gasteiger partial charge in [0.05, 0.1) is 12.6 Å². The third kappa shape index (κ3) is 4.03. The van der Waals surface area contributed by atoms with Crippen molar-refractivity contribution in [1.82, 2.24) is 19.7 Å². The van der Waals surface area contributed by atoms with Crippen molar-refractivity contribution < 1.29 is 19.3 Å². The second-order valence-corrected chi connectivity index (χ2v) is 9.40. The Hall–Kier alpha value is -1.73. The molecule has 0 bridgehead atoms. The normalized spacial score (nSPS) is 30.2. The van der Waals surface area contributed by atoms with Crippen LogP contribution in [0.4, 0.5) is 0 Å². The van der Waals surface area contributed by atoms with Crippen LogP contribution in [0.3, 0.4) is 0 Å². The van der Waals surface area contributed by atoms with Gasteiger partial charge >= 0.3 is 0 Å². The summed E-state index contributed by atoms with van der Waals surface area (Å²) in [5.41, 5.74) is 7.99. The van der Waals surface area contributed by atoms with E-state index in [1.165, 1.54) is 0 Å². The number of benzene rings is 1. The first kappa shape index (κ1) is 22.1. The molecule has 168 valence electrons. The Labute approximate surface area is 201 Å². The molecule has 2 aliphatic rings. The summed E-state index contributed by atoms with van der Waals surface area (Å²) in [6.45, 7) is 2.05. The minimum Gasteiger partial charge on any atom is -0.388 e. The average Bonchev–Trinajstić information content (AvgIpc) is 3.19. The molecule has 9 nitrogen and oxygen atoms in total. The summed E-state index contributed by atoms with van der Waals surface area (Å²) < 4.78 is 21.2. The summed E-state index contributed by atoms with van der Waals surface area (Å²) in [6, 6.07) is 10.8. The largest absolute Gasteiger partial charge is 0.388 e. The lowest BCUT2D eigenvalue weighted by molar-refractivity contribution is -0.309. The van der Waals surface area contributed by atoms with E-state index in [9.17, 15) is 5.11 Å². The molecule has 3 N–H and O–H groups in total. The maximum Gasteiger partial charge on any atom is 0.184 e. The molecule has 5 rings (SSSR count). The predicted octanol–water partition coefficient (Wildman–Crippen LogP) is 2.74. The third-order valence-corrected chi connectivity index (χ3v) is 6.59. The summed E-state index contributed by atoms with van der Waals surface area (Å²) in [5, 5.41) is 15.6. The lowest BCUT2D eigenvalue weighted by Crippen LogP contribution is -2.62. The van der Waals surface area contributed by atoms with Crippen LogP contribution in [-0.2, 0) is 14.2 Å². The van der Waals surface area contributed by atoms with Crippen molar-refractivity contribution >= 4 is 31.9 Å². The monoisotopic (exact) mass is 565 g/mol. The van der Waals surface area contributed by atoms with E-state index in [1.54, 1.807) is 17.8 Å². The number of aryl methyl sites for hydroxylation is 1. The van der Waals surface area contributed by atoms with Gasteiger partial charge in [-0.3, -0.25) is 0 Å². The minimum absolute atomic E-state index is 0.274. The molecule has 2 fully saturated rings. The molecule has 1 aromatic carbocycles. The summed E-state index contributed by atoms with van der Waals surface area (Å²) in [7, 11) is 0. The van der Waals surface area contributed by atoms with Gasteiger partial charge in [-0.1, -0.05) is 30.3 Å². The fraction of sp³-hybridized carbons (Fsp3) is 0.381. The van der Waals surface area contributed by atoms with E-state index in [2.05, 4.69) is 46.9 Å². The summed E-state index contributed by atoms with van der Waals surface area (Å²) in [5.74, 6) is 0.952. The molecule has 4 heterocycles. The Morgan fingerprint density at radius 1 is 1.19 bits per heavy atom. The average molecular weight is 567 g/mol. The number of fused-ring (bicyclic) bond motifs is 1. The maximum absolute atomic E-state index is 11.1. The molecule has 0 spiro atoms. The van der Waals surface area contributed by atoms with Crippen molar-refractivity contribution in [3.05, 3.63) is 68.9 Å². The van der Waals surface area contributed by atoms with Crippen LogP contribution in [0.25, 0.3) is 5.69 Å². The highest BCUT2D eigenvalue weighted by Gasteiger charge is 2.49. The zero-order chi connectivity index (χ0) is 22.4. The molecule has 0 saturated carbocycles. The molecule has 32 heavy (non-hydrogen) atoms. The number of nitrogens with zero attached hydrogens (tertiary/aromatic N) is 4. The zero-order valence-electron chi connectivity index (χ0n) is 17.0. The van der Waals surface area contributed by atoms with Crippen molar-refractivity contribution in [1.29, 1.82) is 0 Å². The number of nitrogens with two attached hydrogens (primary N) is 1. The van der Waals surface area contributed by atoms with Gasteiger partial charge in [0.15, 0.2) is 12.1 Å². The van der Waals surface area contributed by atoms with Gasteiger partial charge in [0.1, 0.15) is 40.5 Å². The molecule has 6 atom stereocenters. The maximum atomic E-state index is 11.1. The van der Waals surface area contributed by atoms with E-state index in [0.717, 1.165) is 10.0 Å². The number of hydrogen-bond donors (Lipinski definition) is 2. The van der Waals surface area contributed by atoms with E-state index < -0.39 is 36.7 Å². The SMILES string of the molecule is Cc1nc(C2OC3COC(c4ccccc4)OC3C(N)C2O)n(-c2cc(Br)cnc2Br)n1. The number of ether oxygens (including phenoxy) is 3. The smallest absolute Gasteiger partial charge is 0.184 e. The second kappa shape index (κ2) is 8.90. The molecule has 6 unspecified atom stereocenters.